The van der Waals surface area contributed by atoms with Crippen molar-refractivity contribution in [2.24, 2.45) is 0 Å². The van der Waals surface area contributed by atoms with Crippen LogP contribution in [0.5, 0.6) is 0 Å². The van der Waals surface area contributed by atoms with Crippen molar-refractivity contribution < 1.29 is 9.31 Å². The molecule has 0 saturated carbocycles. The van der Waals surface area contributed by atoms with Gasteiger partial charge in [0.05, 0.1) is 16.8 Å². The van der Waals surface area contributed by atoms with Gasteiger partial charge in [-0.05, 0) is 62.2 Å². The highest BCUT2D eigenvalue weighted by Gasteiger charge is 2.52. The zero-order valence-corrected chi connectivity index (χ0v) is 12.5. The minimum atomic E-state index is -0.383. The maximum absolute atomic E-state index is 5.94. The Morgan fingerprint density at radius 2 is 1.71 bits per heavy atom. The molecule has 0 unspecified atom stereocenters. The Labute approximate surface area is 111 Å². The van der Waals surface area contributed by atoms with Crippen molar-refractivity contribution in [2.75, 3.05) is 0 Å². The summed E-state index contributed by atoms with van der Waals surface area (Å²) < 4.78 is 12.9. The molecule has 5 heteroatoms. The van der Waals surface area contributed by atoms with E-state index in [-0.39, 0.29) is 18.3 Å². The molecule has 1 aliphatic rings. The monoisotopic (exact) mass is 297 g/mol. The molecule has 92 valence electrons. The summed E-state index contributed by atoms with van der Waals surface area (Å²) in [5.41, 5.74) is 1.31. The topological polar surface area (TPSA) is 31.4 Å². The largest absolute Gasteiger partial charge is 0.514 e. The molecule has 1 fully saturated rings. The molecule has 0 bridgehead atoms. The number of rotatable bonds is 1. The van der Waals surface area contributed by atoms with Gasteiger partial charge in [-0.2, -0.15) is 0 Å². The molecular weight excluding hydrogens is 281 g/mol. The highest BCUT2D eigenvalue weighted by atomic mass is 79.9. The van der Waals surface area contributed by atoms with Crippen molar-refractivity contribution in [3.05, 3.63) is 22.3 Å². The lowest BCUT2D eigenvalue weighted by Gasteiger charge is -2.32. The van der Waals surface area contributed by atoms with Crippen molar-refractivity contribution in [2.45, 2.75) is 45.8 Å². The van der Waals surface area contributed by atoms with Crippen molar-refractivity contribution in [3.63, 3.8) is 0 Å². The quantitative estimate of drug-likeness (QED) is 0.746. The Morgan fingerprint density at radius 3 is 2.18 bits per heavy atom. The second-order valence-electron chi connectivity index (χ2n) is 5.45. The van der Waals surface area contributed by atoms with E-state index in [9.17, 15) is 0 Å². The van der Waals surface area contributed by atoms with Gasteiger partial charge in [0.25, 0.3) is 0 Å². The van der Waals surface area contributed by atoms with Crippen LogP contribution in [0.1, 0.15) is 33.3 Å². The van der Waals surface area contributed by atoms with E-state index < -0.39 is 0 Å². The van der Waals surface area contributed by atoms with Crippen LogP contribution in [0.25, 0.3) is 0 Å². The fourth-order valence-electron chi connectivity index (χ4n) is 1.65. The lowest BCUT2D eigenvalue weighted by molar-refractivity contribution is 0.00578. The fourth-order valence-corrected chi connectivity index (χ4v) is 1.87. The van der Waals surface area contributed by atoms with Gasteiger partial charge in [-0.15, -0.1) is 0 Å². The maximum atomic E-state index is 5.94. The summed E-state index contributed by atoms with van der Waals surface area (Å²) in [6, 6.07) is 1.99. The van der Waals surface area contributed by atoms with Crippen LogP contribution in [-0.4, -0.2) is 23.3 Å². The average Bonchev–Trinajstić information content (AvgIpc) is 2.41. The van der Waals surface area contributed by atoms with Gasteiger partial charge in [0.15, 0.2) is 0 Å². The standard InChI is InChI=1S/C12H17BBrNO2/c1-8-6-10(15-7-9(8)14)13-16-11(2,3)12(4,5)17-13/h6-7H,1-5H3. The van der Waals surface area contributed by atoms with Gasteiger partial charge in [-0.3, -0.25) is 4.98 Å². The summed E-state index contributed by atoms with van der Waals surface area (Å²) >= 11 is 3.44. The molecule has 0 spiro atoms. The summed E-state index contributed by atoms with van der Waals surface area (Å²) in [6.07, 6.45) is 1.79. The van der Waals surface area contributed by atoms with Crippen LogP contribution in [0.15, 0.2) is 16.7 Å². The number of halogens is 1. The maximum Gasteiger partial charge on any atom is 0.514 e. The van der Waals surface area contributed by atoms with E-state index in [4.69, 9.17) is 9.31 Å². The Morgan fingerprint density at radius 1 is 1.18 bits per heavy atom. The van der Waals surface area contributed by atoms with Crippen LogP contribution in [0.2, 0.25) is 0 Å². The van der Waals surface area contributed by atoms with Gasteiger partial charge in [0.1, 0.15) is 0 Å². The van der Waals surface area contributed by atoms with Gasteiger partial charge in [0.2, 0.25) is 0 Å². The van der Waals surface area contributed by atoms with Gasteiger partial charge in [-0.25, -0.2) is 0 Å². The van der Waals surface area contributed by atoms with E-state index in [1.807, 2.05) is 40.7 Å². The molecule has 1 aromatic heterocycles. The minimum absolute atomic E-state index is 0.319. The molecule has 0 aliphatic carbocycles. The zero-order valence-electron chi connectivity index (χ0n) is 10.9. The van der Waals surface area contributed by atoms with E-state index in [1.165, 1.54) is 0 Å². The Bertz CT molecular complexity index is 432. The highest BCUT2D eigenvalue weighted by Crippen LogP contribution is 2.36. The fraction of sp³-hybridized carbons (Fsp3) is 0.583. The molecule has 2 heterocycles. The first-order valence-corrected chi connectivity index (χ1v) is 6.50. The molecule has 0 N–H and O–H groups in total. The van der Waals surface area contributed by atoms with E-state index >= 15 is 0 Å². The molecule has 0 amide bonds. The molecule has 2 rings (SSSR count). The second-order valence-corrected chi connectivity index (χ2v) is 6.30. The van der Waals surface area contributed by atoms with E-state index in [0.717, 1.165) is 15.6 Å². The number of nitrogens with zero attached hydrogens (tertiary/aromatic N) is 1. The van der Waals surface area contributed by atoms with Crippen LogP contribution in [0.3, 0.4) is 0 Å². The number of aryl methyl sites for hydroxylation is 1. The summed E-state index contributed by atoms with van der Waals surface area (Å²) in [6.45, 7) is 10.2. The van der Waals surface area contributed by atoms with Gasteiger partial charge in [-0.1, -0.05) is 0 Å². The normalized spacial score (nSPS) is 21.9. The Kier molecular flexibility index (Phi) is 3.13. The molecule has 0 aromatic carbocycles. The summed E-state index contributed by atoms with van der Waals surface area (Å²) in [7, 11) is -0.383. The summed E-state index contributed by atoms with van der Waals surface area (Å²) in [5, 5.41) is 0. The molecule has 1 aliphatic heterocycles. The van der Waals surface area contributed by atoms with Crippen molar-refractivity contribution >= 4 is 28.6 Å². The van der Waals surface area contributed by atoms with E-state index in [0.29, 0.717) is 0 Å². The van der Waals surface area contributed by atoms with Crippen molar-refractivity contribution in [1.29, 1.82) is 0 Å². The summed E-state index contributed by atoms with van der Waals surface area (Å²) in [4.78, 5) is 4.36. The van der Waals surface area contributed by atoms with Crippen LogP contribution in [0, 0.1) is 6.92 Å². The highest BCUT2D eigenvalue weighted by molar-refractivity contribution is 9.10. The number of hydrogen-bond acceptors (Lipinski definition) is 3. The lowest BCUT2D eigenvalue weighted by atomic mass is 9.83. The third-order valence-electron chi connectivity index (χ3n) is 3.56. The Hall–Kier alpha value is -0.385. The van der Waals surface area contributed by atoms with Crippen LogP contribution in [0.4, 0.5) is 0 Å². The second kappa shape index (κ2) is 4.07. The average molecular weight is 298 g/mol. The Balaban J connectivity index is 2.29. The van der Waals surface area contributed by atoms with Crippen LogP contribution in [-0.2, 0) is 9.31 Å². The molecule has 1 saturated heterocycles. The van der Waals surface area contributed by atoms with Gasteiger partial charge in [0, 0.05) is 10.7 Å². The van der Waals surface area contributed by atoms with Gasteiger partial charge < -0.3 is 9.31 Å². The molecule has 0 atom stereocenters. The minimum Gasteiger partial charge on any atom is -0.398 e. The van der Waals surface area contributed by atoms with Crippen LogP contribution >= 0.6 is 15.9 Å². The van der Waals surface area contributed by atoms with Crippen molar-refractivity contribution in [1.82, 2.24) is 4.98 Å². The van der Waals surface area contributed by atoms with Crippen molar-refractivity contribution in [3.8, 4) is 0 Å². The number of hydrogen-bond donors (Lipinski definition) is 0. The van der Waals surface area contributed by atoms with Gasteiger partial charge >= 0.3 is 7.12 Å². The first kappa shape index (κ1) is 13.1. The summed E-state index contributed by atoms with van der Waals surface area (Å²) in [5.74, 6) is 0. The predicted molar refractivity (Wildman–Crippen MR) is 72.4 cm³/mol. The molecular formula is C12H17BBrNO2. The number of aromatic nitrogens is 1. The van der Waals surface area contributed by atoms with E-state index in [1.54, 1.807) is 6.20 Å². The SMILES string of the molecule is Cc1cc(B2OC(C)(C)C(C)(C)O2)ncc1Br. The molecule has 0 radical (unpaired) electrons. The zero-order chi connectivity index (χ0) is 12.8. The molecule has 1 aromatic rings. The van der Waals surface area contributed by atoms with E-state index in [2.05, 4.69) is 20.9 Å². The predicted octanol–water partition coefficient (Wildman–Crippen LogP) is 2.45. The van der Waals surface area contributed by atoms with Crippen LogP contribution < -0.4 is 5.59 Å². The first-order chi connectivity index (χ1) is 7.73. The molecule has 3 nitrogen and oxygen atoms in total. The third-order valence-corrected chi connectivity index (χ3v) is 4.39. The lowest BCUT2D eigenvalue weighted by Crippen LogP contribution is -2.41. The first-order valence-electron chi connectivity index (χ1n) is 5.71. The number of pyridine rings is 1. The molecule has 17 heavy (non-hydrogen) atoms. The third kappa shape index (κ3) is 2.28. The smallest absolute Gasteiger partial charge is 0.398 e.